The molecule has 152 valence electrons. The number of carbonyl (C=O) groups excluding carboxylic acids is 1. The lowest BCUT2D eigenvalue weighted by atomic mass is 9.64. The van der Waals surface area contributed by atoms with Crippen molar-refractivity contribution < 1.29 is 14.3 Å². The van der Waals surface area contributed by atoms with Crippen LogP contribution in [0.3, 0.4) is 0 Å². The monoisotopic (exact) mass is 390 g/mol. The van der Waals surface area contributed by atoms with Crippen molar-refractivity contribution in [1.82, 2.24) is 0 Å². The van der Waals surface area contributed by atoms with E-state index in [0.29, 0.717) is 23.5 Å². The molecule has 3 atom stereocenters. The highest BCUT2D eigenvalue weighted by Crippen LogP contribution is 2.65. The molecule has 29 heavy (non-hydrogen) atoms. The van der Waals surface area contributed by atoms with Gasteiger partial charge in [-0.15, -0.1) is 0 Å². The highest BCUT2D eigenvalue weighted by Gasteiger charge is 2.64. The predicted molar refractivity (Wildman–Crippen MR) is 114 cm³/mol. The summed E-state index contributed by atoms with van der Waals surface area (Å²) in [5, 5.41) is 0. The van der Waals surface area contributed by atoms with Crippen molar-refractivity contribution in [3.63, 3.8) is 0 Å². The third-order valence-corrected chi connectivity index (χ3v) is 7.49. The second-order valence-electron chi connectivity index (χ2n) is 9.66. The molecule has 0 amide bonds. The molecule has 5 rings (SSSR count). The van der Waals surface area contributed by atoms with Crippen molar-refractivity contribution in [2.24, 2.45) is 11.3 Å². The third kappa shape index (κ3) is 3.02. The van der Waals surface area contributed by atoms with Crippen molar-refractivity contribution >= 4 is 5.97 Å². The second kappa shape index (κ2) is 6.70. The molecule has 0 radical (unpaired) electrons. The first-order valence-electron chi connectivity index (χ1n) is 11.0. The number of fused-ring (bicyclic) bond motifs is 2. The molecule has 1 aromatic carbocycles. The van der Waals surface area contributed by atoms with Crippen LogP contribution in [-0.2, 0) is 9.47 Å². The number of epoxide rings is 1. The minimum absolute atomic E-state index is 0.0962. The Kier molecular flexibility index (Phi) is 4.36. The molecule has 4 aliphatic rings. The number of rotatable bonds is 4. The zero-order chi connectivity index (χ0) is 20.2. The maximum atomic E-state index is 12.3. The van der Waals surface area contributed by atoms with Crippen LogP contribution in [0.2, 0.25) is 0 Å². The summed E-state index contributed by atoms with van der Waals surface area (Å²) in [5.74, 6) is 0.319. The van der Waals surface area contributed by atoms with Crippen LogP contribution in [0.15, 0.2) is 64.8 Å². The van der Waals surface area contributed by atoms with Crippen LogP contribution >= 0.6 is 0 Å². The van der Waals surface area contributed by atoms with E-state index in [-0.39, 0.29) is 17.7 Å². The molecular formula is C26H30O3. The average molecular weight is 391 g/mol. The molecule has 1 heterocycles. The van der Waals surface area contributed by atoms with Gasteiger partial charge >= 0.3 is 5.97 Å². The standard InChI is InChI=1S/C26H30O3/c1-17(2)20-11-12-25(3)13-14-26-21(23(20)25)10-9-18(15-22(26)29-26)16-28-24(27)19-7-5-4-6-8-19/h4-10,17,22H,11-16H2,1-3H3/t22-,25+,26-/m0/s1. The topological polar surface area (TPSA) is 38.8 Å². The molecule has 1 saturated carbocycles. The smallest absolute Gasteiger partial charge is 0.338 e. The first kappa shape index (κ1) is 18.9. The van der Waals surface area contributed by atoms with Gasteiger partial charge < -0.3 is 9.47 Å². The minimum atomic E-state index is -0.264. The molecule has 3 heteroatoms. The Hall–Kier alpha value is -2.13. The molecule has 1 spiro atoms. The molecule has 2 fully saturated rings. The highest BCUT2D eigenvalue weighted by molar-refractivity contribution is 5.89. The maximum absolute atomic E-state index is 12.3. The first-order valence-corrected chi connectivity index (χ1v) is 11.0. The van der Waals surface area contributed by atoms with Crippen molar-refractivity contribution in [2.45, 2.75) is 64.6 Å². The predicted octanol–water partition coefficient (Wildman–Crippen LogP) is 5.78. The van der Waals surface area contributed by atoms with E-state index in [0.717, 1.165) is 18.4 Å². The van der Waals surface area contributed by atoms with E-state index in [2.05, 4.69) is 32.9 Å². The number of benzene rings is 1. The summed E-state index contributed by atoms with van der Waals surface area (Å²) in [6, 6.07) is 9.20. The van der Waals surface area contributed by atoms with Gasteiger partial charge in [0.1, 0.15) is 12.2 Å². The maximum Gasteiger partial charge on any atom is 0.338 e. The van der Waals surface area contributed by atoms with Gasteiger partial charge in [-0.25, -0.2) is 4.79 Å². The summed E-state index contributed by atoms with van der Waals surface area (Å²) in [5.41, 5.74) is 6.57. The third-order valence-electron chi connectivity index (χ3n) is 7.49. The summed E-state index contributed by atoms with van der Waals surface area (Å²) in [7, 11) is 0. The Morgan fingerprint density at radius 3 is 2.72 bits per heavy atom. The lowest BCUT2D eigenvalue weighted by molar-refractivity contribution is 0.0536. The molecule has 3 aliphatic carbocycles. The second-order valence-corrected chi connectivity index (χ2v) is 9.66. The molecular weight excluding hydrogens is 360 g/mol. The van der Waals surface area contributed by atoms with Crippen molar-refractivity contribution in [3.05, 3.63) is 70.3 Å². The molecule has 1 aliphatic heterocycles. The van der Waals surface area contributed by atoms with Gasteiger partial charge in [-0.2, -0.15) is 0 Å². The van der Waals surface area contributed by atoms with Crippen LogP contribution in [0, 0.1) is 11.3 Å². The summed E-state index contributed by atoms with van der Waals surface area (Å²) < 4.78 is 12.0. The fourth-order valence-electron chi connectivity index (χ4n) is 5.72. The van der Waals surface area contributed by atoms with Gasteiger partial charge in [0, 0.05) is 6.42 Å². The van der Waals surface area contributed by atoms with Gasteiger partial charge in [0.15, 0.2) is 0 Å². The number of hydrogen-bond donors (Lipinski definition) is 0. The minimum Gasteiger partial charge on any atom is -0.458 e. The number of ether oxygens (including phenoxy) is 2. The fourth-order valence-corrected chi connectivity index (χ4v) is 5.72. The lowest BCUT2D eigenvalue weighted by Gasteiger charge is -2.39. The molecule has 0 aromatic heterocycles. The Balaban J connectivity index is 1.41. The average Bonchev–Trinajstić information content (AvgIpc) is 3.31. The fraction of sp³-hybridized carbons (Fsp3) is 0.500. The SMILES string of the molecule is CC(C)C1=C2C3=CC=C(COC(=O)c4ccccc4)C[C@@H]4O[C@@]34CC[C@@]2(C)CC1. The number of allylic oxidation sites excluding steroid dienone is 3. The van der Waals surface area contributed by atoms with Crippen LogP contribution in [0.1, 0.15) is 63.2 Å². The molecule has 3 nitrogen and oxygen atoms in total. The largest absolute Gasteiger partial charge is 0.458 e. The van der Waals surface area contributed by atoms with E-state index in [4.69, 9.17) is 9.47 Å². The van der Waals surface area contributed by atoms with Crippen LogP contribution in [-0.4, -0.2) is 24.3 Å². The highest BCUT2D eigenvalue weighted by atomic mass is 16.6. The van der Waals surface area contributed by atoms with E-state index >= 15 is 0 Å². The van der Waals surface area contributed by atoms with Gasteiger partial charge in [-0.3, -0.25) is 0 Å². The number of carbonyl (C=O) groups is 1. The van der Waals surface area contributed by atoms with E-state index < -0.39 is 0 Å². The molecule has 1 saturated heterocycles. The van der Waals surface area contributed by atoms with Crippen molar-refractivity contribution in [1.29, 1.82) is 0 Å². The Morgan fingerprint density at radius 1 is 1.17 bits per heavy atom. The molecule has 0 N–H and O–H groups in total. The quantitative estimate of drug-likeness (QED) is 0.483. The summed E-state index contributed by atoms with van der Waals surface area (Å²) in [6.07, 6.45) is 10.4. The van der Waals surface area contributed by atoms with Gasteiger partial charge in [-0.05, 0) is 65.9 Å². The van der Waals surface area contributed by atoms with Crippen molar-refractivity contribution in [2.75, 3.05) is 6.61 Å². The van der Waals surface area contributed by atoms with E-state index in [1.54, 1.807) is 23.3 Å². The van der Waals surface area contributed by atoms with E-state index in [9.17, 15) is 4.79 Å². The molecule has 0 bridgehead atoms. The van der Waals surface area contributed by atoms with Crippen LogP contribution in [0.25, 0.3) is 0 Å². The Morgan fingerprint density at radius 2 is 1.97 bits per heavy atom. The van der Waals surface area contributed by atoms with Gasteiger partial charge in [0.2, 0.25) is 0 Å². The van der Waals surface area contributed by atoms with Crippen LogP contribution in [0.5, 0.6) is 0 Å². The van der Waals surface area contributed by atoms with Crippen LogP contribution < -0.4 is 0 Å². The lowest BCUT2D eigenvalue weighted by Crippen LogP contribution is -2.34. The summed E-state index contributed by atoms with van der Waals surface area (Å²) >= 11 is 0. The van der Waals surface area contributed by atoms with Gasteiger partial charge in [-0.1, -0.05) is 56.7 Å². The molecule has 0 unspecified atom stereocenters. The first-order chi connectivity index (χ1) is 13.9. The number of esters is 1. The van der Waals surface area contributed by atoms with Gasteiger partial charge in [0.25, 0.3) is 0 Å². The molecule has 1 aromatic rings. The summed E-state index contributed by atoms with van der Waals surface area (Å²) in [6.45, 7) is 7.42. The van der Waals surface area contributed by atoms with E-state index in [1.165, 1.54) is 24.8 Å². The Bertz CT molecular complexity index is 936. The zero-order valence-corrected chi connectivity index (χ0v) is 17.7. The van der Waals surface area contributed by atoms with Crippen LogP contribution in [0.4, 0.5) is 0 Å². The van der Waals surface area contributed by atoms with E-state index in [1.807, 2.05) is 18.2 Å². The Labute approximate surface area is 173 Å². The number of hydrogen-bond acceptors (Lipinski definition) is 3. The van der Waals surface area contributed by atoms with Crippen molar-refractivity contribution in [3.8, 4) is 0 Å². The zero-order valence-electron chi connectivity index (χ0n) is 17.7. The summed E-state index contributed by atoms with van der Waals surface area (Å²) in [4.78, 5) is 12.3. The normalized spacial score (nSPS) is 32.6. The van der Waals surface area contributed by atoms with Gasteiger partial charge in [0.05, 0.1) is 11.7 Å².